The number of hydrogen-bond donors (Lipinski definition) is 1. The predicted molar refractivity (Wildman–Crippen MR) is 50.1 cm³/mol. The molecule has 0 saturated carbocycles. The van der Waals surface area contributed by atoms with Gasteiger partial charge in [0.05, 0.1) is 12.9 Å². The van der Waals surface area contributed by atoms with Crippen LogP contribution in [0, 0.1) is 0 Å². The summed E-state index contributed by atoms with van der Waals surface area (Å²) in [5, 5.41) is 3.25. The molecule has 0 aliphatic carbocycles. The van der Waals surface area contributed by atoms with Gasteiger partial charge in [0.2, 0.25) is 0 Å². The van der Waals surface area contributed by atoms with Crippen LogP contribution in [-0.4, -0.2) is 44.2 Å². The molecule has 1 fully saturated rings. The van der Waals surface area contributed by atoms with Gasteiger partial charge in [-0.3, -0.25) is 4.90 Å². The van der Waals surface area contributed by atoms with Gasteiger partial charge in [0.1, 0.15) is 0 Å². The zero-order valence-electron chi connectivity index (χ0n) is 7.92. The van der Waals surface area contributed by atoms with Gasteiger partial charge in [0.25, 0.3) is 0 Å². The maximum Gasteiger partial charge on any atom is 0.1000 e. The molecule has 1 aliphatic rings. The van der Waals surface area contributed by atoms with Gasteiger partial charge in [-0.05, 0) is 14.0 Å². The normalized spacial score (nSPS) is 18.6. The standard InChI is InChI=1S/C9H18N2O/c1-3-5-12-6-4-11(2)9-7-10-8-9/h3,5,9-10H,4,6-8H2,1-2H3/b5-3+. The van der Waals surface area contributed by atoms with Crippen LogP contribution >= 0.6 is 0 Å². The Kier molecular flexibility index (Phi) is 4.11. The van der Waals surface area contributed by atoms with E-state index in [4.69, 9.17) is 4.74 Å². The Hall–Kier alpha value is -0.540. The highest BCUT2D eigenvalue weighted by molar-refractivity contribution is 4.82. The minimum absolute atomic E-state index is 0.721. The second-order valence-corrected chi connectivity index (χ2v) is 3.13. The highest BCUT2D eigenvalue weighted by atomic mass is 16.5. The zero-order valence-corrected chi connectivity index (χ0v) is 7.92. The molecule has 0 aromatic rings. The van der Waals surface area contributed by atoms with E-state index in [2.05, 4.69) is 17.3 Å². The molecular formula is C9H18N2O. The molecule has 0 amide bonds. The smallest absolute Gasteiger partial charge is 0.1000 e. The van der Waals surface area contributed by atoms with Gasteiger partial charge >= 0.3 is 0 Å². The molecule has 3 nitrogen and oxygen atoms in total. The third kappa shape index (κ3) is 2.83. The summed E-state index contributed by atoms with van der Waals surface area (Å²) >= 11 is 0. The summed E-state index contributed by atoms with van der Waals surface area (Å²) in [5.41, 5.74) is 0. The van der Waals surface area contributed by atoms with Gasteiger partial charge in [-0.1, -0.05) is 6.08 Å². The molecule has 0 spiro atoms. The van der Waals surface area contributed by atoms with Crippen molar-refractivity contribution < 1.29 is 4.74 Å². The lowest BCUT2D eigenvalue weighted by molar-refractivity contribution is 0.135. The number of ether oxygens (including phenoxy) is 1. The summed E-state index contributed by atoms with van der Waals surface area (Å²) in [6.45, 7) is 6.01. The number of hydrogen-bond acceptors (Lipinski definition) is 3. The summed E-state index contributed by atoms with van der Waals surface area (Å²) in [4.78, 5) is 2.33. The van der Waals surface area contributed by atoms with Gasteiger partial charge in [-0.2, -0.15) is 0 Å². The van der Waals surface area contributed by atoms with Crippen LogP contribution in [0.5, 0.6) is 0 Å². The third-order valence-corrected chi connectivity index (χ3v) is 2.18. The van der Waals surface area contributed by atoms with E-state index in [0.29, 0.717) is 0 Å². The number of rotatable bonds is 5. The Morgan fingerprint density at radius 2 is 2.33 bits per heavy atom. The fourth-order valence-corrected chi connectivity index (χ4v) is 1.13. The van der Waals surface area contributed by atoms with E-state index in [1.54, 1.807) is 6.26 Å². The van der Waals surface area contributed by atoms with Crippen molar-refractivity contribution in [1.82, 2.24) is 10.2 Å². The highest BCUT2D eigenvalue weighted by Gasteiger charge is 2.20. The fraction of sp³-hybridized carbons (Fsp3) is 0.778. The van der Waals surface area contributed by atoms with Gasteiger partial charge in [0.15, 0.2) is 0 Å². The van der Waals surface area contributed by atoms with Crippen molar-refractivity contribution in [3.8, 4) is 0 Å². The van der Waals surface area contributed by atoms with E-state index in [0.717, 1.165) is 32.3 Å². The van der Waals surface area contributed by atoms with Crippen molar-refractivity contribution in [1.29, 1.82) is 0 Å². The molecule has 70 valence electrons. The molecule has 0 unspecified atom stereocenters. The van der Waals surface area contributed by atoms with E-state index >= 15 is 0 Å². The zero-order chi connectivity index (χ0) is 8.81. The van der Waals surface area contributed by atoms with Gasteiger partial charge < -0.3 is 10.1 Å². The number of likely N-dealkylation sites (N-methyl/N-ethyl adjacent to an activating group) is 1. The van der Waals surface area contributed by atoms with Crippen LogP contribution in [0.15, 0.2) is 12.3 Å². The molecule has 12 heavy (non-hydrogen) atoms. The van der Waals surface area contributed by atoms with Crippen LogP contribution < -0.4 is 5.32 Å². The Morgan fingerprint density at radius 3 is 2.83 bits per heavy atom. The molecule has 0 radical (unpaired) electrons. The SMILES string of the molecule is C/C=C/OCCN(C)C1CNC1. The molecule has 0 bridgehead atoms. The molecule has 1 saturated heterocycles. The van der Waals surface area contributed by atoms with Crippen molar-refractivity contribution in [2.24, 2.45) is 0 Å². The summed E-state index contributed by atoms with van der Waals surface area (Å²) in [5.74, 6) is 0. The lowest BCUT2D eigenvalue weighted by atomic mass is 10.1. The summed E-state index contributed by atoms with van der Waals surface area (Å²) in [6.07, 6.45) is 3.65. The van der Waals surface area contributed by atoms with E-state index in [1.807, 2.05) is 13.0 Å². The third-order valence-electron chi connectivity index (χ3n) is 2.18. The minimum Gasteiger partial charge on any atom is -0.500 e. The molecule has 0 atom stereocenters. The van der Waals surface area contributed by atoms with Gasteiger partial charge in [-0.25, -0.2) is 0 Å². The van der Waals surface area contributed by atoms with Crippen molar-refractivity contribution in [2.75, 3.05) is 33.3 Å². The molecule has 0 aromatic carbocycles. The van der Waals surface area contributed by atoms with E-state index < -0.39 is 0 Å². The van der Waals surface area contributed by atoms with Crippen LogP contribution in [0.4, 0.5) is 0 Å². The molecule has 1 aliphatic heterocycles. The maximum atomic E-state index is 5.23. The molecule has 1 N–H and O–H groups in total. The summed E-state index contributed by atoms with van der Waals surface area (Å²) in [7, 11) is 2.14. The first kappa shape index (κ1) is 9.55. The quantitative estimate of drug-likeness (QED) is 0.478. The average Bonchev–Trinajstić information content (AvgIpc) is 1.95. The Labute approximate surface area is 74.4 Å². The second kappa shape index (κ2) is 5.17. The maximum absolute atomic E-state index is 5.23. The fourth-order valence-electron chi connectivity index (χ4n) is 1.13. The molecule has 0 aromatic heterocycles. The first-order valence-corrected chi connectivity index (χ1v) is 4.48. The first-order valence-electron chi connectivity index (χ1n) is 4.48. The number of nitrogens with zero attached hydrogens (tertiary/aromatic N) is 1. The minimum atomic E-state index is 0.721. The van der Waals surface area contributed by atoms with Crippen molar-refractivity contribution in [2.45, 2.75) is 13.0 Å². The largest absolute Gasteiger partial charge is 0.500 e. The summed E-state index contributed by atoms with van der Waals surface area (Å²) < 4.78 is 5.23. The number of allylic oxidation sites excluding steroid dienone is 1. The van der Waals surface area contributed by atoms with Crippen LogP contribution in [0.25, 0.3) is 0 Å². The van der Waals surface area contributed by atoms with E-state index in [1.165, 1.54) is 0 Å². The number of nitrogens with one attached hydrogen (secondary N) is 1. The molecule has 1 heterocycles. The Bertz CT molecular complexity index is 143. The highest BCUT2D eigenvalue weighted by Crippen LogP contribution is 2.00. The van der Waals surface area contributed by atoms with Gasteiger partial charge in [0, 0.05) is 25.7 Å². The summed E-state index contributed by atoms with van der Waals surface area (Å²) in [6, 6.07) is 0.721. The van der Waals surface area contributed by atoms with Crippen LogP contribution in [0.1, 0.15) is 6.92 Å². The predicted octanol–water partition coefficient (Wildman–Crippen LogP) is 0.440. The van der Waals surface area contributed by atoms with Crippen LogP contribution in [0.3, 0.4) is 0 Å². The topological polar surface area (TPSA) is 24.5 Å². The molecule has 3 heteroatoms. The van der Waals surface area contributed by atoms with Crippen molar-refractivity contribution in [3.05, 3.63) is 12.3 Å². The second-order valence-electron chi connectivity index (χ2n) is 3.13. The monoisotopic (exact) mass is 170 g/mol. The Morgan fingerprint density at radius 1 is 1.58 bits per heavy atom. The van der Waals surface area contributed by atoms with Crippen LogP contribution in [-0.2, 0) is 4.74 Å². The van der Waals surface area contributed by atoms with Crippen molar-refractivity contribution >= 4 is 0 Å². The van der Waals surface area contributed by atoms with Gasteiger partial charge in [-0.15, -0.1) is 0 Å². The Balaban J connectivity index is 1.97. The van der Waals surface area contributed by atoms with Crippen LogP contribution in [0.2, 0.25) is 0 Å². The first-order chi connectivity index (χ1) is 5.84. The van der Waals surface area contributed by atoms with E-state index in [9.17, 15) is 0 Å². The lowest BCUT2D eigenvalue weighted by Gasteiger charge is -2.35. The lowest BCUT2D eigenvalue weighted by Crippen LogP contribution is -2.56. The molecule has 1 rings (SSSR count). The van der Waals surface area contributed by atoms with E-state index in [-0.39, 0.29) is 0 Å². The average molecular weight is 170 g/mol. The molecular weight excluding hydrogens is 152 g/mol. The van der Waals surface area contributed by atoms with Crippen molar-refractivity contribution in [3.63, 3.8) is 0 Å².